The molecular formula is C13H20N2O2. The Bertz CT molecular complexity index is 329. The summed E-state index contributed by atoms with van der Waals surface area (Å²) in [5.41, 5.74) is -0.610. The molecule has 1 aliphatic heterocycles. The zero-order valence-electron chi connectivity index (χ0n) is 10.4. The van der Waals surface area contributed by atoms with Crippen LogP contribution < -0.4 is 5.32 Å². The minimum absolute atomic E-state index is 0.00204. The maximum absolute atomic E-state index is 12.1. The lowest BCUT2D eigenvalue weighted by atomic mass is 9.82. The summed E-state index contributed by atoms with van der Waals surface area (Å²) in [7, 11) is 0. The molecule has 4 heteroatoms. The third-order valence-electron chi connectivity index (χ3n) is 3.85. The van der Waals surface area contributed by atoms with Crippen molar-refractivity contribution in [2.24, 2.45) is 5.92 Å². The van der Waals surface area contributed by atoms with Crippen LogP contribution in [0.1, 0.15) is 45.4 Å². The van der Waals surface area contributed by atoms with Crippen LogP contribution in [0.15, 0.2) is 0 Å². The minimum atomic E-state index is -0.610. The second-order valence-electron chi connectivity index (χ2n) is 5.32. The molecule has 1 amide bonds. The molecule has 1 saturated heterocycles. The fourth-order valence-electron chi connectivity index (χ4n) is 2.76. The van der Waals surface area contributed by atoms with Crippen LogP contribution >= 0.6 is 0 Å². The third-order valence-corrected chi connectivity index (χ3v) is 3.85. The summed E-state index contributed by atoms with van der Waals surface area (Å²) in [6.07, 6.45) is 5.75. The van der Waals surface area contributed by atoms with Gasteiger partial charge < -0.3 is 10.1 Å². The van der Waals surface area contributed by atoms with Gasteiger partial charge >= 0.3 is 0 Å². The van der Waals surface area contributed by atoms with Crippen LogP contribution in [0.3, 0.4) is 0 Å². The van der Waals surface area contributed by atoms with Gasteiger partial charge in [0.15, 0.2) is 0 Å². The number of amides is 1. The van der Waals surface area contributed by atoms with Gasteiger partial charge in [0.2, 0.25) is 5.91 Å². The Hall–Kier alpha value is -1.08. The van der Waals surface area contributed by atoms with E-state index in [4.69, 9.17) is 4.74 Å². The van der Waals surface area contributed by atoms with Crippen molar-refractivity contribution in [2.75, 3.05) is 6.61 Å². The van der Waals surface area contributed by atoms with Gasteiger partial charge in [-0.05, 0) is 26.2 Å². The van der Waals surface area contributed by atoms with Crippen LogP contribution in [-0.2, 0) is 9.53 Å². The summed E-state index contributed by atoms with van der Waals surface area (Å²) < 4.78 is 5.40. The molecule has 17 heavy (non-hydrogen) atoms. The predicted octanol–water partition coefficient (Wildman–Crippen LogP) is 1.75. The van der Waals surface area contributed by atoms with Crippen molar-refractivity contribution < 1.29 is 9.53 Å². The van der Waals surface area contributed by atoms with Gasteiger partial charge in [-0.2, -0.15) is 5.26 Å². The number of nitrogens with zero attached hydrogens (tertiary/aromatic N) is 1. The van der Waals surface area contributed by atoms with Gasteiger partial charge in [0.1, 0.15) is 5.54 Å². The smallest absolute Gasteiger partial charge is 0.226 e. The maximum Gasteiger partial charge on any atom is 0.226 e. The Morgan fingerprint density at radius 2 is 2.12 bits per heavy atom. The van der Waals surface area contributed by atoms with E-state index >= 15 is 0 Å². The van der Waals surface area contributed by atoms with Crippen LogP contribution in [0.4, 0.5) is 0 Å². The second-order valence-corrected chi connectivity index (χ2v) is 5.32. The Labute approximate surface area is 102 Å². The molecule has 2 fully saturated rings. The van der Waals surface area contributed by atoms with E-state index in [0.717, 1.165) is 32.1 Å². The zero-order valence-corrected chi connectivity index (χ0v) is 10.4. The third kappa shape index (κ3) is 2.78. The zero-order chi connectivity index (χ0) is 12.3. The standard InChI is InChI=1S/C13H20N2O2/c1-10-7-11(8-17-10)12(16)15-13(9-14)5-3-2-4-6-13/h10-11H,2-8H2,1H3,(H,15,16). The normalized spacial score (nSPS) is 31.8. The number of carbonyl (C=O) groups is 1. The van der Waals surface area contributed by atoms with Crippen LogP contribution in [0.2, 0.25) is 0 Å². The number of nitrogens with one attached hydrogen (secondary N) is 1. The Kier molecular flexibility index (Phi) is 3.68. The van der Waals surface area contributed by atoms with E-state index in [0.29, 0.717) is 6.61 Å². The van der Waals surface area contributed by atoms with E-state index in [1.54, 1.807) is 0 Å². The number of nitriles is 1. The number of hydrogen-bond acceptors (Lipinski definition) is 3. The van der Waals surface area contributed by atoms with Gasteiger partial charge in [0, 0.05) is 0 Å². The number of carbonyl (C=O) groups excluding carboxylic acids is 1. The number of ether oxygens (including phenoxy) is 1. The average molecular weight is 236 g/mol. The summed E-state index contributed by atoms with van der Waals surface area (Å²) in [5, 5.41) is 12.3. The van der Waals surface area contributed by atoms with Crippen LogP contribution in [0.25, 0.3) is 0 Å². The van der Waals surface area contributed by atoms with Crippen molar-refractivity contribution in [1.29, 1.82) is 5.26 Å². The van der Waals surface area contributed by atoms with Crippen molar-refractivity contribution in [2.45, 2.75) is 57.1 Å². The second kappa shape index (κ2) is 5.05. The van der Waals surface area contributed by atoms with Gasteiger partial charge in [-0.25, -0.2) is 0 Å². The van der Waals surface area contributed by atoms with Crippen molar-refractivity contribution in [3.63, 3.8) is 0 Å². The molecule has 1 N–H and O–H groups in total. The maximum atomic E-state index is 12.1. The topological polar surface area (TPSA) is 62.1 Å². The van der Waals surface area contributed by atoms with Crippen LogP contribution in [-0.4, -0.2) is 24.2 Å². The molecule has 2 aliphatic rings. The average Bonchev–Trinajstić information content (AvgIpc) is 2.77. The molecular weight excluding hydrogens is 216 g/mol. The van der Waals surface area contributed by atoms with Crippen molar-refractivity contribution in [3.8, 4) is 6.07 Å². The van der Waals surface area contributed by atoms with Gasteiger partial charge in [-0.15, -0.1) is 0 Å². The Morgan fingerprint density at radius 1 is 1.41 bits per heavy atom. The molecule has 2 rings (SSSR count). The molecule has 1 heterocycles. The highest BCUT2D eigenvalue weighted by atomic mass is 16.5. The van der Waals surface area contributed by atoms with E-state index in [2.05, 4.69) is 11.4 Å². The lowest BCUT2D eigenvalue weighted by Crippen LogP contribution is -2.50. The fourth-order valence-corrected chi connectivity index (χ4v) is 2.76. The number of rotatable bonds is 2. The lowest BCUT2D eigenvalue weighted by Gasteiger charge is -2.32. The van der Waals surface area contributed by atoms with Gasteiger partial charge in [0.05, 0.1) is 24.7 Å². The number of hydrogen-bond donors (Lipinski definition) is 1. The highest BCUT2D eigenvalue weighted by molar-refractivity contribution is 5.80. The first-order valence-electron chi connectivity index (χ1n) is 6.50. The summed E-state index contributed by atoms with van der Waals surface area (Å²) in [5.74, 6) is -0.0741. The molecule has 2 atom stereocenters. The molecule has 1 aliphatic carbocycles. The van der Waals surface area contributed by atoms with Crippen molar-refractivity contribution >= 4 is 5.91 Å². The van der Waals surface area contributed by atoms with Crippen molar-refractivity contribution in [1.82, 2.24) is 5.32 Å². The molecule has 4 nitrogen and oxygen atoms in total. The fraction of sp³-hybridized carbons (Fsp3) is 0.846. The van der Waals surface area contributed by atoms with E-state index in [1.165, 1.54) is 6.42 Å². The molecule has 0 aromatic carbocycles. The molecule has 0 bridgehead atoms. The summed E-state index contributed by atoms with van der Waals surface area (Å²) in [4.78, 5) is 12.1. The molecule has 0 aromatic rings. The largest absolute Gasteiger partial charge is 0.378 e. The predicted molar refractivity (Wildman–Crippen MR) is 63.1 cm³/mol. The molecule has 0 radical (unpaired) electrons. The van der Waals surface area contributed by atoms with E-state index in [-0.39, 0.29) is 17.9 Å². The summed E-state index contributed by atoms with van der Waals surface area (Å²) in [6.45, 7) is 2.47. The first-order valence-corrected chi connectivity index (χ1v) is 6.50. The molecule has 2 unspecified atom stereocenters. The van der Waals surface area contributed by atoms with Gasteiger partial charge in [-0.3, -0.25) is 4.79 Å². The highest BCUT2D eigenvalue weighted by Gasteiger charge is 2.37. The van der Waals surface area contributed by atoms with E-state index in [1.807, 2.05) is 6.92 Å². The first-order chi connectivity index (χ1) is 8.15. The Balaban J connectivity index is 1.94. The molecule has 1 saturated carbocycles. The summed E-state index contributed by atoms with van der Waals surface area (Å²) in [6, 6.07) is 2.31. The van der Waals surface area contributed by atoms with Gasteiger partial charge in [-0.1, -0.05) is 19.3 Å². The molecule has 94 valence electrons. The lowest BCUT2D eigenvalue weighted by molar-refractivity contribution is -0.126. The van der Waals surface area contributed by atoms with Crippen molar-refractivity contribution in [3.05, 3.63) is 0 Å². The quantitative estimate of drug-likeness (QED) is 0.794. The monoisotopic (exact) mass is 236 g/mol. The van der Waals surface area contributed by atoms with E-state index in [9.17, 15) is 10.1 Å². The molecule has 0 spiro atoms. The SMILES string of the molecule is CC1CC(C(=O)NC2(C#N)CCCCC2)CO1. The minimum Gasteiger partial charge on any atom is -0.378 e. The summed E-state index contributed by atoms with van der Waals surface area (Å²) >= 11 is 0. The van der Waals surface area contributed by atoms with E-state index < -0.39 is 5.54 Å². The molecule has 0 aromatic heterocycles. The van der Waals surface area contributed by atoms with Gasteiger partial charge in [0.25, 0.3) is 0 Å². The highest BCUT2D eigenvalue weighted by Crippen LogP contribution is 2.29. The van der Waals surface area contributed by atoms with Crippen LogP contribution in [0, 0.1) is 17.2 Å². The first kappa shape index (κ1) is 12.4. The van der Waals surface area contributed by atoms with Crippen LogP contribution in [0.5, 0.6) is 0 Å². The Morgan fingerprint density at radius 3 is 2.65 bits per heavy atom.